The maximum absolute atomic E-state index is 5.43. The number of anilines is 1. The Morgan fingerprint density at radius 1 is 1.29 bits per heavy atom. The van der Waals surface area contributed by atoms with Gasteiger partial charge in [-0.15, -0.1) is 0 Å². The van der Waals surface area contributed by atoms with E-state index in [0.717, 1.165) is 35.3 Å². The molecule has 0 aliphatic heterocycles. The summed E-state index contributed by atoms with van der Waals surface area (Å²) in [4.78, 5) is 4.41. The van der Waals surface area contributed by atoms with Crippen LogP contribution in [0.3, 0.4) is 0 Å². The highest BCUT2D eigenvalue weighted by atomic mass is 32.1. The summed E-state index contributed by atoms with van der Waals surface area (Å²) in [5, 5.41) is 8.22. The molecule has 0 saturated carbocycles. The summed E-state index contributed by atoms with van der Waals surface area (Å²) < 4.78 is 5.37. The number of benzene rings is 1. The number of pyridine rings is 1. The molecule has 1 heterocycles. The molecule has 1 aliphatic carbocycles. The summed E-state index contributed by atoms with van der Waals surface area (Å²) in [6.07, 6.45) is 10.3. The normalized spacial score (nSPS) is 14.1. The number of ether oxygens (including phenoxy) is 1. The van der Waals surface area contributed by atoms with E-state index >= 15 is 0 Å². The van der Waals surface area contributed by atoms with E-state index in [1.54, 1.807) is 18.9 Å². The van der Waals surface area contributed by atoms with Crippen molar-refractivity contribution in [3.63, 3.8) is 0 Å². The second-order valence-corrected chi connectivity index (χ2v) is 6.36. The van der Waals surface area contributed by atoms with Gasteiger partial charge in [-0.1, -0.05) is 11.6 Å². The predicted octanol–water partition coefficient (Wildman–Crippen LogP) is 4.42. The molecule has 0 radical (unpaired) electrons. The third kappa shape index (κ3) is 4.03. The van der Waals surface area contributed by atoms with Crippen LogP contribution in [0.25, 0.3) is 10.9 Å². The first-order chi connectivity index (χ1) is 11.8. The zero-order valence-corrected chi connectivity index (χ0v) is 14.8. The van der Waals surface area contributed by atoms with Crippen LogP contribution < -0.4 is 15.4 Å². The first-order valence-electron chi connectivity index (χ1n) is 8.42. The third-order valence-electron chi connectivity index (χ3n) is 4.32. The Bertz CT molecular complexity index is 757. The molecule has 1 aliphatic rings. The number of fused-ring (bicyclic) bond motifs is 1. The molecule has 0 saturated heterocycles. The van der Waals surface area contributed by atoms with E-state index in [1.807, 2.05) is 24.3 Å². The molecule has 0 atom stereocenters. The molecule has 0 fully saturated rings. The predicted molar refractivity (Wildman–Crippen MR) is 104 cm³/mol. The SMILES string of the molecule is COc1ccc(NC(=S)NCCC2=CCCCC2)c2cccnc12. The van der Waals surface area contributed by atoms with E-state index in [4.69, 9.17) is 17.0 Å². The summed E-state index contributed by atoms with van der Waals surface area (Å²) >= 11 is 5.43. The molecule has 5 heteroatoms. The van der Waals surface area contributed by atoms with E-state index in [1.165, 1.54) is 25.7 Å². The first kappa shape index (κ1) is 16.7. The van der Waals surface area contributed by atoms with Crippen molar-refractivity contribution < 1.29 is 4.74 Å². The van der Waals surface area contributed by atoms with Crippen LogP contribution in [0, 0.1) is 0 Å². The Morgan fingerprint density at radius 3 is 3.00 bits per heavy atom. The maximum atomic E-state index is 5.43. The second kappa shape index (κ2) is 8.11. The molecule has 3 rings (SSSR count). The Kier molecular flexibility index (Phi) is 5.64. The van der Waals surface area contributed by atoms with Gasteiger partial charge in [-0.3, -0.25) is 4.98 Å². The zero-order chi connectivity index (χ0) is 16.8. The number of hydrogen-bond donors (Lipinski definition) is 2. The number of methoxy groups -OCH3 is 1. The summed E-state index contributed by atoms with van der Waals surface area (Å²) in [6, 6.07) is 7.81. The van der Waals surface area contributed by atoms with E-state index in [-0.39, 0.29) is 0 Å². The van der Waals surface area contributed by atoms with Crippen LogP contribution in [0.15, 0.2) is 42.1 Å². The Balaban J connectivity index is 1.62. The van der Waals surface area contributed by atoms with Gasteiger partial charge < -0.3 is 15.4 Å². The number of aromatic nitrogens is 1. The van der Waals surface area contributed by atoms with Gasteiger partial charge in [0.15, 0.2) is 5.11 Å². The molecule has 0 unspecified atom stereocenters. The van der Waals surface area contributed by atoms with Gasteiger partial charge in [-0.25, -0.2) is 0 Å². The minimum Gasteiger partial charge on any atom is -0.494 e. The number of rotatable bonds is 5. The molecule has 2 aromatic rings. The number of thiocarbonyl (C=S) groups is 1. The van der Waals surface area contributed by atoms with Crippen molar-refractivity contribution in [2.75, 3.05) is 19.0 Å². The highest BCUT2D eigenvalue weighted by Gasteiger charge is 2.09. The highest BCUT2D eigenvalue weighted by Crippen LogP contribution is 2.29. The van der Waals surface area contributed by atoms with Crippen LogP contribution in [0.1, 0.15) is 32.1 Å². The molecule has 24 heavy (non-hydrogen) atoms. The molecule has 2 N–H and O–H groups in total. The summed E-state index contributed by atoms with van der Waals surface area (Å²) in [6.45, 7) is 0.865. The Labute approximate surface area is 148 Å². The van der Waals surface area contributed by atoms with Crippen molar-refractivity contribution >= 4 is 33.9 Å². The lowest BCUT2D eigenvalue weighted by Gasteiger charge is -2.15. The van der Waals surface area contributed by atoms with Crippen LogP contribution in [-0.2, 0) is 0 Å². The minimum absolute atomic E-state index is 0.640. The van der Waals surface area contributed by atoms with Gasteiger partial charge in [-0.05, 0) is 68.6 Å². The topological polar surface area (TPSA) is 46.2 Å². The molecule has 0 spiro atoms. The van der Waals surface area contributed by atoms with Crippen molar-refractivity contribution in [3.05, 3.63) is 42.1 Å². The van der Waals surface area contributed by atoms with Crippen LogP contribution in [0.4, 0.5) is 5.69 Å². The number of nitrogens with one attached hydrogen (secondary N) is 2. The average molecular weight is 341 g/mol. The van der Waals surface area contributed by atoms with Gasteiger partial charge in [0, 0.05) is 23.8 Å². The summed E-state index contributed by atoms with van der Waals surface area (Å²) in [7, 11) is 1.66. The van der Waals surface area contributed by atoms with E-state index in [0.29, 0.717) is 5.11 Å². The molecule has 1 aromatic heterocycles. The van der Waals surface area contributed by atoms with Crippen molar-refractivity contribution in [2.24, 2.45) is 0 Å². The van der Waals surface area contributed by atoms with Gasteiger partial charge in [-0.2, -0.15) is 0 Å². The largest absolute Gasteiger partial charge is 0.494 e. The molecule has 1 aromatic carbocycles. The van der Waals surface area contributed by atoms with Gasteiger partial charge >= 0.3 is 0 Å². The lowest BCUT2D eigenvalue weighted by molar-refractivity contribution is 0.419. The molecular weight excluding hydrogens is 318 g/mol. The minimum atomic E-state index is 0.640. The molecule has 0 amide bonds. The zero-order valence-electron chi connectivity index (χ0n) is 14.0. The number of hydrogen-bond acceptors (Lipinski definition) is 3. The lowest BCUT2D eigenvalue weighted by atomic mass is 9.97. The van der Waals surface area contributed by atoms with Gasteiger partial charge in [0.25, 0.3) is 0 Å². The summed E-state index contributed by atoms with van der Waals surface area (Å²) in [5.41, 5.74) is 3.32. The van der Waals surface area contributed by atoms with Gasteiger partial charge in [0.05, 0.1) is 7.11 Å². The van der Waals surface area contributed by atoms with E-state index in [2.05, 4.69) is 21.7 Å². The van der Waals surface area contributed by atoms with Gasteiger partial charge in [0.1, 0.15) is 11.3 Å². The third-order valence-corrected chi connectivity index (χ3v) is 4.56. The van der Waals surface area contributed by atoms with E-state index < -0.39 is 0 Å². The first-order valence-corrected chi connectivity index (χ1v) is 8.83. The van der Waals surface area contributed by atoms with E-state index in [9.17, 15) is 0 Å². The van der Waals surface area contributed by atoms with Crippen LogP contribution in [-0.4, -0.2) is 23.8 Å². The van der Waals surface area contributed by atoms with Crippen LogP contribution in [0.5, 0.6) is 5.75 Å². The van der Waals surface area contributed by atoms with Crippen LogP contribution in [0.2, 0.25) is 0 Å². The lowest BCUT2D eigenvalue weighted by Crippen LogP contribution is -2.29. The number of allylic oxidation sites excluding steroid dienone is 1. The average Bonchev–Trinajstić information content (AvgIpc) is 2.63. The monoisotopic (exact) mass is 341 g/mol. The molecule has 126 valence electrons. The Morgan fingerprint density at radius 2 is 2.21 bits per heavy atom. The number of nitrogens with zero attached hydrogens (tertiary/aromatic N) is 1. The molecule has 0 bridgehead atoms. The molecular formula is C19H23N3OS. The van der Waals surface area contributed by atoms with Crippen molar-refractivity contribution in [1.29, 1.82) is 0 Å². The Hall–Kier alpha value is -2.14. The maximum Gasteiger partial charge on any atom is 0.170 e. The standard InChI is InChI=1S/C19H23N3OS/c1-23-17-10-9-16(15-8-5-12-20-18(15)17)22-19(24)21-13-11-14-6-3-2-4-7-14/h5-6,8-10,12H,2-4,7,11,13H2,1H3,(H2,21,22,24). The smallest absolute Gasteiger partial charge is 0.170 e. The second-order valence-electron chi connectivity index (χ2n) is 5.95. The highest BCUT2D eigenvalue weighted by molar-refractivity contribution is 7.80. The fourth-order valence-electron chi connectivity index (χ4n) is 3.06. The quantitative estimate of drug-likeness (QED) is 0.623. The molecule has 4 nitrogen and oxygen atoms in total. The summed E-state index contributed by atoms with van der Waals surface area (Å²) in [5.74, 6) is 0.763. The van der Waals surface area contributed by atoms with Crippen molar-refractivity contribution in [2.45, 2.75) is 32.1 Å². The van der Waals surface area contributed by atoms with Gasteiger partial charge in [0.2, 0.25) is 0 Å². The fraction of sp³-hybridized carbons (Fsp3) is 0.368. The van der Waals surface area contributed by atoms with Crippen molar-refractivity contribution in [3.8, 4) is 5.75 Å². The van der Waals surface area contributed by atoms with Crippen LogP contribution >= 0.6 is 12.2 Å². The fourth-order valence-corrected chi connectivity index (χ4v) is 3.27. The van der Waals surface area contributed by atoms with Crippen molar-refractivity contribution in [1.82, 2.24) is 10.3 Å².